The minimum Gasteiger partial charge on any atom is -0.333 e. The SMILES string of the molecule is C/C=C/C=C/C(=O)Nc1nc2c(s1)CN(C(=O)c1ccccc1)CC2. The van der Waals surface area contributed by atoms with Crippen LogP contribution in [0.2, 0.25) is 0 Å². The van der Waals surface area contributed by atoms with Crippen LogP contribution in [0.3, 0.4) is 0 Å². The van der Waals surface area contributed by atoms with Crippen molar-refractivity contribution in [3.63, 3.8) is 0 Å². The predicted octanol–water partition coefficient (Wildman–Crippen LogP) is 3.41. The van der Waals surface area contributed by atoms with Crippen LogP contribution in [0.5, 0.6) is 0 Å². The number of thiazole rings is 1. The molecule has 1 aliphatic rings. The van der Waals surface area contributed by atoms with Gasteiger partial charge in [-0.25, -0.2) is 4.98 Å². The fraction of sp³-hybridized carbons (Fsp3) is 0.211. The number of aromatic nitrogens is 1. The summed E-state index contributed by atoms with van der Waals surface area (Å²) in [7, 11) is 0. The largest absolute Gasteiger partial charge is 0.333 e. The zero-order valence-electron chi connectivity index (χ0n) is 13.9. The molecule has 0 radical (unpaired) electrons. The van der Waals surface area contributed by atoms with Crippen molar-refractivity contribution < 1.29 is 9.59 Å². The lowest BCUT2D eigenvalue weighted by Crippen LogP contribution is -2.35. The van der Waals surface area contributed by atoms with Gasteiger partial charge in [0.1, 0.15) is 0 Å². The number of carbonyl (C=O) groups excluding carboxylic acids is 2. The molecule has 0 aliphatic carbocycles. The first-order chi connectivity index (χ1) is 12.2. The van der Waals surface area contributed by atoms with Crippen molar-refractivity contribution in [2.24, 2.45) is 0 Å². The molecule has 1 N–H and O–H groups in total. The first-order valence-corrected chi connectivity index (χ1v) is 8.92. The van der Waals surface area contributed by atoms with Crippen LogP contribution in [0, 0.1) is 0 Å². The molecule has 6 heteroatoms. The molecule has 2 heterocycles. The van der Waals surface area contributed by atoms with E-state index in [1.807, 2.05) is 48.2 Å². The number of amides is 2. The quantitative estimate of drug-likeness (QED) is 0.677. The van der Waals surface area contributed by atoms with E-state index in [4.69, 9.17) is 0 Å². The molecule has 5 nitrogen and oxygen atoms in total. The molecular weight excluding hydrogens is 334 g/mol. The lowest BCUT2D eigenvalue weighted by Gasteiger charge is -2.26. The van der Waals surface area contributed by atoms with Crippen LogP contribution in [0.4, 0.5) is 5.13 Å². The molecule has 2 aromatic rings. The van der Waals surface area contributed by atoms with E-state index in [2.05, 4.69) is 10.3 Å². The maximum atomic E-state index is 12.6. The summed E-state index contributed by atoms with van der Waals surface area (Å²) >= 11 is 1.43. The minimum atomic E-state index is -0.207. The van der Waals surface area contributed by atoms with Crippen molar-refractivity contribution in [3.05, 3.63) is 70.8 Å². The maximum Gasteiger partial charge on any atom is 0.254 e. The van der Waals surface area contributed by atoms with E-state index >= 15 is 0 Å². The van der Waals surface area contributed by atoms with Gasteiger partial charge in [-0.15, -0.1) is 0 Å². The number of carbonyl (C=O) groups is 2. The van der Waals surface area contributed by atoms with Crippen LogP contribution in [0.25, 0.3) is 0 Å². The summed E-state index contributed by atoms with van der Waals surface area (Å²) in [6.07, 6.45) is 7.49. The molecule has 0 saturated carbocycles. The summed E-state index contributed by atoms with van der Waals surface area (Å²) in [6.45, 7) is 3.06. The molecule has 1 aromatic carbocycles. The van der Waals surface area contributed by atoms with Gasteiger partial charge in [-0.3, -0.25) is 14.9 Å². The summed E-state index contributed by atoms with van der Waals surface area (Å²) < 4.78 is 0. The Morgan fingerprint density at radius 3 is 2.80 bits per heavy atom. The van der Waals surface area contributed by atoms with Crippen molar-refractivity contribution in [1.29, 1.82) is 0 Å². The Morgan fingerprint density at radius 2 is 2.04 bits per heavy atom. The Morgan fingerprint density at radius 1 is 1.24 bits per heavy atom. The van der Waals surface area contributed by atoms with Gasteiger partial charge in [-0.05, 0) is 19.1 Å². The smallest absolute Gasteiger partial charge is 0.254 e. The Balaban J connectivity index is 1.67. The summed E-state index contributed by atoms with van der Waals surface area (Å²) in [5.74, 6) is -0.180. The van der Waals surface area contributed by atoms with Gasteiger partial charge in [-0.1, -0.05) is 47.8 Å². The van der Waals surface area contributed by atoms with Crippen LogP contribution in [-0.4, -0.2) is 28.2 Å². The molecule has 0 atom stereocenters. The molecule has 25 heavy (non-hydrogen) atoms. The first kappa shape index (κ1) is 17.1. The fourth-order valence-electron chi connectivity index (χ4n) is 2.59. The summed E-state index contributed by atoms with van der Waals surface area (Å²) in [6, 6.07) is 9.28. The number of rotatable bonds is 4. The van der Waals surface area contributed by atoms with Crippen LogP contribution < -0.4 is 5.32 Å². The van der Waals surface area contributed by atoms with Crippen LogP contribution in [-0.2, 0) is 17.8 Å². The van der Waals surface area contributed by atoms with Crippen LogP contribution >= 0.6 is 11.3 Å². The highest BCUT2D eigenvalue weighted by molar-refractivity contribution is 7.15. The molecule has 3 rings (SSSR count). The Bertz CT molecular complexity index is 824. The second-order valence-corrected chi connectivity index (χ2v) is 6.69. The lowest BCUT2D eigenvalue weighted by atomic mass is 10.1. The molecule has 0 fully saturated rings. The van der Waals surface area contributed by atoms with Crippen molar-refractivity contribution in [2.45, 2.75) is 19.9 Å². The van der Waals surface area contributed by atoms with E-state index in [0.717, 1.165) is 10.6 Å². The van der Waals surface area contributed by atoms with Gasteiger partial charge in [-0.2, -0.15) is 0 Å². The van der Waals surface area contributed by atoms with Gasteiger partial charge >= 0.3 is 0 Å². The summed E-state index contributed by atoms with van der Waals surface area (Å²) in [5.41, 5.74) is 1.66. The number of hydrogen-bond donors (Lipinski definition) is 1. The van der Waals surface area contributed by atoms with Gasteiger partial charge in [0.25, 0.3) is 5.91 Å². The fourth-order valence-corrected chi connectivity index (χ4v) is 3.61. The molecule has 0 unspecified atom stereocenters. The van der Waals surface area contributed by atoms with Gasteiger partial charge in [0.15, 0.2) is 5.13 Å². The van der Waals surface area contributed by atoms with E-state index in [1.54, 1.807) is 12.2 Å². The minimum absolute atomic E-state index is 0.0273. The molecule has 0 bridgehead atoms. The topological polar surface area (TPSA) is 62.3 Å². The number of anilines is 1. The average Bonchev–Trinajstić information content (AvgIpc) is 3.03. The molecule has 1 aliphatic heterocycles. The second-order valence-electron chi connectivity index (χ2n) is 5.61. The van der Waals surface area contributed by atoms with E-state index in [0.29, 0.717) is 30.2 Å². The normalized spacial score (nSPS) is 14.0. The number of benzene rings is 1. The Kier molecular flexibility index (Phi) is 5.40. The molecule has 0 spiro atoms. The standard InChI is InChI=1S/C19H19N3O2S/c1-2-3-5-10-17(23)21-19-20-15-11-12-22(13-16(15)25-19)18(24)14-8-6-4-7-9-14/h2-10H,11-13H2,1H3,(H,20,21,23)/b3-2+,10-5+. The van der Waals surface area contributed by atoms with Gasteiger partial charge < -0.3 is 4.90 Å². The third-order valence-electron chi connectivity index (χ3n) is 3.82. The predicted molar refractivity (Wildman–Crippen MR) is 99.6 cm³/mol. The highest BCUT2D eigenvalue weighted by Crippen LogP contribution is 2.29. The highest BCUT2D eigenvalue weighted by atomic mass is 32.1. The van der Waals surface area contributed by atoms with Gasteiger partial charge in [0.2, 0.25) is 5.91 Å². The molecule has 2 amide bonds. The number of nitrogens with zero attached hydrogens (tertiary/aromatic N) is 2. The third-order valence-corrected chi connectivity index (χ3v) is 4.82. The molecule has 1 aromatic heterocycles. The number of hydrogen-bond acceptors (Lipinski definition) is 4. The lowest BCUT2D eigenvalue weighted by molar-refractivity contribution is -0.111. The van der Waals surface area contributed by atoms with Crippen molar-refractivity contribution in [1.82, 2.24) is 9.88 Å². The second kappa shape index (κ2) is 7.90. The highest BCUT2D eigenvalue weighted by Gasteiger charge is 2.25. The van der Waals surface area contributed by atoms with E-state index in [-0.39, 0.29) is 11.8 Å². The zero-order chi connectivity index (χ0) is 17.6. The Hall–Kier alpha value is -2.73. The van der Waals surface area contributed by atoms with Crippen molar-refractivity contribution in [3.8, 4) is 0 Å². The average molecular weight is 353 g/mol. The number of allylic oxidation sites excluding steroid dienone is 3. The first-order valence-electron chi connectivity index (χ1n) is 8.10. The number of nitrogens with one attached hydrogen (secondary N) is 1. The molecule has 0 saturated heterocycles. The van der Waals surface area contributed by atoms with E-state index in [1.165, 1.54) is 17.4 Å². The third kappa shape index (κ3) is 4.22. The van der Waals surface area contributed by atoms with Crippen molar-refractivity contribution in [2.75, 3.05) is 11.9 Å². The zero-order valence-corrected chi connectivity index (χ0v) is 14.8. The van der Waals surface area contributed by atoms with Gasteiger partial charge in [0, 0.05) is 29.5 Å². The van der Waals surface area contributed by atoms with Crippen LogP contribution in [0.15, 0.2) is 54.6 Å². The van der Waals surface area contributed by atoms with E-state index in [9.17, 15) is 9.59 Å². The van der Waals surface area contributed by atoms with Crippen molar-refractivity contribution >= 4 is 28.3 Å². The Labute approximate surface area is 150 Å². The maximum absolute atomic E-state index is 12.6. The van der Waals surface area contributed by atoms with Gasteiger partial charge in [0.05, 0.1) is 12.2 Å². The molecular formula is C19H19N3O2S. The van der Waals surface area contributed by atoms with E-state index < -0.39 is 0 Å². The molecule has 128 valence electrons. The van der Waals surface area contributed by atoms with Crippen LogP contribution in [0.1, 0.15) is 27.9 Å². The summed E-state index contributed by atoms with van der Waals surface area (Å²) in [5, 5.41) is 3.36. The monoisotopic (exact) mass is 353 g/mol. The summed E-state index contributed by atoms with van der Waals surface area (Å²) in [4.78, 5) is 31.7. The number of fused-ring (bicyclic) bond motifs is 1.